The second-order valence-corrected chi connectivity index (χ2v) is 4.83. The predicted octanol–water partition coefficient (Wildman–Crippen LogP) is 3.20. The van der Waals surface area contributed by atoms with Crippen LogP contribution in [0.2, 0.25) is 0 Å². The van der Waals surface area contributed by atoms with E-state index in [0.717, 1.165) is 25.2 Å². The van der Waals surface area contributed by atoms with Crippen LogP contribution in [0.1, 0.15) is 32.8 Å². The van der Waals surface area contributed by atoms with Crippen molar-refractivity contribution in [1.82, 2.24) is 5.48 Å². The van der Waals surface area contributed by atoms with Crippen molar-refractivity contribution >= 4 is 0 Å². The summed E-state index contributed by atoms with van der Waals surface area (Å²) in [5.74, 6) is 1.61. The summed E-state index contributed by atoms with van der Waals surface area (Å²) in [4.78, 5) is 5.15. The quantitative estimate of drug-likeness (QED) is 0.540. The molecule has 0 heterocycles. The number of hydroxylamine groups is 1. The molecule has 102 valence electrons. The standard InChI is InChI=1S/C15H25NO2/c1-4-10-18-16-9-11-17-15-7-5-14(6-8-15)12-13(2)3/h5-8,13,16H,4,9-12H2,1-3H3. The number of rotatable bonds is 9. The second kappa shape index (κ2) is 8.95. The topological polar surface area (TPSA) is 30.5 Å². The molecule has 1 N–H and O–H groups in total. The Balaban J connectivity index is 2.18. The summed E-state index contributed by atoms with van der Waals surface area (Å²) < 4.78 is 5.60. The molecule has 0 radical (unpaired) electrons. The van der Waals surface area contributed by atoms with Gasteiger partial charge in [0.05, 0.1) is 13.2 Å². The van der Waals surface area contributed by atoms with E-state index in [0.29, 0.717) is 19.1 Å². The fourth-order valence-electron chi connectivity index (χ4n) is 1.65. The summed E-state index contributed by atoms with van der Waals surface area (Å²) in [6.45, 7) is 8.60. The number of hydrogen-bond acceptors (Lipinski definition) is 3. The fourth-order valence-corrected chi connectivity index (χ4v) is 1.65. The molecule has 3 heteroatoms. The fraction of sp³-hybridized carbons (Fsp3) is 0.600. The van der Waals surface area contributed by atoms with E-state index >= 15 is 0 Å². The molecule has 0 saturated carbocycles. The Labute approximate surface area is 110 Å². The van der Waals surface area contributed by atoms with Crippen molar-refractivity contribution in [2.75, 3.05) is 19.8 Å². The maximum Gasteiger partial charge on any atom is 0.119 e. The molecule has 0 amide bonds. The third kappa shape index (κ3) is 6.62. The molecule has 0 aromatic heterocycles. The third-order valence-electron chi connectivity index (χ3n) is 2.45. The van der Waals surface area contributed by atoms with Gasteiger partial charge in [0.2, 0.25) is 0 Å². The van der Waals surface area contributed by atoms with Crippen LogP contribution in [0.3, 0.4) is 0 Å². The zero-order valence-electron chi connectivity index (χ0n) is 11.7. The van der Waals surface area contributed by atoms with Gasteiger partial charge >= 0.3 is 0 Å². The van der Waals surface area contributed by atoms with Crippen molar-refractivity contribution in [3.8, 4) is 5.75 Å². The Kier molecular flexibility index (Phi) is 7.46. The largest absolute Gasteiger partial charge is 0.492 e. The van der Waals surface area contributed by atoms with E-state index in [9.17, 15) is 0 Å². The average Bonchev–Trinajstić information content (AvgIpc) is 2.35. The second-order valence-electron chi connectivity index (χ2n) is 4.83. The van der Waals surface area contributed by atoms with Crippen molar-refractivity contribution in [1.29, 1.82) is 0 Å². The number of nitrogens with one attached hydrogen (secondary N) is 1. The highest BCUT2D eigenvalue weighted by atomic mass is 16.6. The third-order valence-corrected chi connectivity index (χ3v) is 2.45. The summed E-state index contributed by atoms with van der Waals surface area (Å²) in [6, 6.07) is 8.34. The molecular formula is C15H25NO2. The smallest absolute Gasteiger partial charge is 0.119 e. The van der Waals surface area contributed by atoms with Crippen LogP contribution in [0.15, 0.2) is 24.3 Å². The van der Waals surface area contributed by atoms with Crippen LogP contribution in [0, 0.1) is 5.92 Å². The van der Waals surface area contributed by atoms with Crippen molar-refractivity contribution in [3.05, 3.63) is 29.8 Å². The summed E-state index contributed by atoms with van der Waals surface area (Å²) >= 11 is 0. The highest BCUT2D eigenvalue weighted by Gasteiger charge is 1.98. The molecule has 1 aromatic carbocycles. The van der Waals surface area contributed by atoms with Gasteiger partial charge in [-0.3, -0.25) is 0 Å². The summed E-state index contributed by atoms with van der Waals surface area (Å²) in [5, 5.41) is 0. The molecule has 1 aromatic rings. The minimum atomic E-state index is 0.618. The normalized spacial score (nSPS) is 10.9. The Morgan fingerprint density at radius 2 is 1.83 bits per heavy atom. The van der Waals surface area contributed by atoms with E-state index in [1.54, 1.807) is 0 Å². The molecule has 0 bridgehead atoms. The van der Waals surface area contributed by atoms with Gasteiger partial charge in [-0.25, -0.2) is 0 Å². The van der Waals surface area contributed by atoms with E-state index in [1.807, 2.05) is 12.1 Å². The Morgan fingerprint density at radius 3 is 2.44 bits per heavy atom. The molecule has 3 nitrogen and oxygen atoms in total. The first-order valence-electron chi connectivity index (χ1n) is 6.78. The first-order valence-corrected chi connectivity index (χ1v) is 6.78. The first-order chi connectivity index (χ1) is 8.72. The zero-order valence-corrected chi connectivity index (χ0v) is 11.7. The molecule has 0 saturated heterocycles. The monoisotopic (exact) mass is 251 g/mol. The van der Waals surface area contributed by atoms with E-state index in [2.05, 4.69) is 38.4 Å². The molecule has 0 spiro atoms. The van der Waals surface area contributed by atoms with Gasteiger partial charge in [0.1, 0.15) is 12.4 Å². The van der Waals surface area contributed by atoms with Gasteiger partial charge < -0.3 is 9.57 Å². The molecule has 0 aliphatic heterocycles. The van der Waals surface area contributed by atoms with Crippen LogP contribution in [0.25, 0.3) is 0 Å². The highest BCUT2D eigenvalue weighted by molar-refractivity contribution is 5.27. The van der Waals surface area contributed by atoms with Gasteiger partial charge in [-0.15, -0.1) is 0 Å². The van der Waals surface area contributed by atoms with Crippen molar-refractivity contribution < 1.29 is 9.57 Å². The first kappa shape index (κ1) is 15.0. The van der Waals surface area contributed by atoms with Gasteiger partial charge in [0, 0.05) is 0 Å². The molecule has 0 fully saturated rings. The van der Waals surface area contributed by atoms with Crippen molar-refractivity contribution in [2.45, 2.75) is 33.6 Å². The molecule has 0 aliphatic rings. The Morgan fingerprint density at radius 1 is 1.11 bits per heavy atom. The van der Waals surface area contributed by atoms with Crippen LogP contribution in [0.5, 0.6) is 5.75 Å². The van der Waals surface area contributed by atoms with E-state index in [-0.39, 0.29) is 0 Å². The van der Waals surface area contributed by atoms with Gasteiger partial charge in [0.15, 0.2) is 0 Å². The van der Waals surface area contributed by atoms with Crippen molar-refractivity contribution in [3.63, 3.8) is 0 Å². The van der Waals surface area contributed by atoms with E-state index in [4.69, 9.17) is 9.57 Å². The predicted molar refractivity (Wildman–Crippen MR) is 74.7 cm³/mol. The lowest BCUT2D eigenvalue weighted by molar-refractivity contribution is 0.0346. The Hall–Kier alpha value is -1.06. The lowest BCUT2D eigenvalue weighted by atomic mass is 10.0. The average molecular weight is 251 g/mol. The van der Waals surface area contributed by atoms with E-state index < -0.39 is 0 Å². The lowest BCUT2D eigenvalue weighted by Gasteiger charge is -2.09. The summed E-state index contributed by atoms with van der Waals surface area (Å²) in [6.07, 6.45) is 2.14. The van der Waals surface area contributed by atoms with Crippen LogP contribution in [0.4, 0.5) is 0 Å². The van der Waals surface area contributed by atoms with Gasteiger partial charge in [0.25, 0.3) is 0 Å². The summed E-state index contributed by atoms with van der Waals surface area (Å²) in [5.41, 5.74) is 4.23. The number of ether oxygens (including phenoxy) is 1. The highest BCUT2D eigenvalue weighted by Crippen LogP contribution is 2.14. The summed E-state index contributed by atoms with van der Waals surface area (Å²) in [7, 11) is 0. The number of benzene rings is 1. The lowest BCUT2D eigenvalue weighted by Crippen LogP contribution is -2.21. The van der Waals surface area contributed by atoms with Crippen LogP contribution < -0.4 is 10.2 Å². The van der Waals surface area contributed by atoms with Crippen LogP contribution >= 0.6 is 0 Å². The molecule has 18 heavy (non-hydrogen) atoms. The van der Waals surface area contributed by atoms with Crippen molar-refractivity contribution in [2.24, 2.45) is 5.92 Å². The SMILES string of the molecule is CCCONCCOc1ccc(CC(C)C)cc1. The minimum Gasteiger partial charge on any atom is -0.492 e. The number of hydrogen-bond donors (Lipinski definition) is 1. The van der Waals surface area contributed by atoms with E-state index in [1.165, 1.54) is 5.56 Å². The zero-order chi connectivity index (χ0) is 13.2. The van der Waals surface area contributed by atoms with Crippen LogP contribution in [-0.4, -0.2) is 19.8 Å². The maximum absolute atomic E-state index is 5.60. The molecular weight excluding hydrogens is 226 g/mol. The molecule has 1 rings (SSSR count). The molecule has 0 unspecified atom stereocenters. The van der Waals surface area contributed by atoms with Crippen LogP contribution in [-0.2, 0) is 11.3 Å². The van der Waals surface area contributed by atoms with Gasteiger partial charge in [-0.1, -0.05) is 32.9 Å². The molecule has 0 atom stereocenters. The van der Waals surface area contributed by atoms with Gasteiger partial charge in [-0.05, 0) is 36.5 Å². The van der Waals surface area contributed by atoms with Gasteiger partial charge in [-0.2, -0.15) is 5.48 Å². The minimum absolute atomic E-state index is 0.618. The maximum atomic E-state index is 5.60. The molecule has 0 aliphatic carbocycles. The Bertz CT molecular complexity index is 309.